The molecular formula is C11H16N2O3S. The average Bonchev–Trinajstić information content (AvgIpc) is 2.85. The lowest BCUT2D eigenvalue weighted by atomic mass is 10.3. The zero-order valence-corrected chi connectivity index (χ0v) is 10.7. The summed E-state index contributed by atoms with van der Waals surface area (Å²) < 4.78 is 9.93. The van der Waals surface area contributed by atoms with Crippen LogP contribution < -0.4 is 0 Å². The molecule has 0 unspecified atom stereocenters. The molecule has 1 aromatic heterocycles. The number of rotatable bonds is 4. The van der Waals surface area contributed by atoms with Crippen molar-refractivity contribution < 1.29 is 14.3 Å². The van der Waals surface area contributed by atoms with Crippen LogP contribution in [0.15, 0.2) is 6.20 Å². The molecule has 1 fully saturated rings. The number of carbonyl (C=O) groups excluding carboxylic acids is 1. The number of carbonyl (C=O) groups is 1. The van der Waals surface area contributed by atoms with E-state index in [0.717, 1.165) is 44.3 Å². The lowest BCUT2D eigenvalue weighted by Gasteiger charge is -2.25. The number of aromatic nitrogens is 1. The zero-order valence-electron chi connectivity index (χ0n) is 9.85. The van der Waals surface area contributed by atoms with Crippen LogP contribution in [0.4, 0.5) is 0 Å². The Hall–Kier alpha value is -0.980. The molecular weight excluding hydrogens is 240 g/mol. The van der Waals surface area contributed by atoms with E-state index in [0.29, 0.717) is 4.88 Å². The van der Waals surface area contributed by atoms with Gasteiger partial charge in [-0.3, -0.25) is 4.90 Å². The van der Waals surface area contributed by atoms with Crippen molar-refractivity contribution in [3.8, 4) is 0 Å². The summed E-state index contributed by atoms with van der Waals surface area (Å²) in [5.41, 5.74) is 0. The van der Waals surface area contributed by atoms with Crippen LogP contribution >= 0.6 is 11.3 Å². The third-order valence-corrected chi connectivity index (χ3v) is 3.72. The minimum Gasteiger partial charge on any atom is -0.465 e. The van der Waals surface area contributed by atoms with Gasteiger partial charge >= 0.3 is 5.97 Å². The lowest BCUT2D eigenvalue weighted by Crippen LogP contribution is -2.37. The number of ether oxygens (including phenoxy) is 2. The number of nitrogens with zero attached hydrogens (tertiary/aromatic N) is 2. The summed E-state index contributed by atoms with van der Waals surface area (Å²) in [4.78, 5) is 18.4. The van der Waals surface area contributed by atoms with Crippen LogP contribution in [-0.4, -0.2) is 55.8 Å². The van der Waals surface area contributed by atoms with Crippen molar-refractivity contribution in [3.05, 3.63) is 16.1 Å². The highest BCUT2D eigenvalue weighted by molar-refractivity contribution is 7.13. The number of hydrogen-bond donors (Lipinski definition) is 0. The number of thiazole rings is 1. The topological polar surface area (TPSA) is 51.7 Å². The van der Waals surface area contributed by atoms with E-state index in [4.69, 9.17) is 4.74 Å². The molecule has 6 heteroatoms. The van der Waals surface area contributed by atoms with Gasteiger partial charge in [-0.05, 0) is 0 Å². The van der Waals surface area contributed by atoms with Crippen molar-refractivity contribution in [2.24, 2.45) is 0 Å². The maximum atomic E-state index is 11.3. The van der Waals surface area contributed by atoms with Crippen LogP contribution in [0, 0.1) is 0 Å². The molecule has 17 heavy (non-hydrogen) atoms. The molecule has 0 aliphatic carbocycles. The van der Waals surface area contributed by atoms with Crippen molar-refractivity contribution in [3.63, 3.8) is 0 Å². The molecule has 1 saturated heterocycles. The van der Waals surface area contributed by atoms with Gasteiger partial charge in [-0.25, -0.2) is 9.78 Å². The quantitative estimate of drug-likeness (QED) is 0.746. The highest BCUT2D eigenvalue weighted by atomic mass is 32.1. The molecule has 0 radical (unpaired) electrons. The van der Waals surface area contributed by atoms with Gasteiger partial charge in [0, 0.05) is 26.1 Å². The third-order valence-electron chi connectivity index (χ3n) is 2.69. The van der Waals surface area contributed by atoms with Gasteiger partial charge in [-0.2, -0.15) is 0 Å². The zero-order chi connectivity index (χ0) is 12.1. The standard InChI is InChI=1S/C11H16N2O3S/c1-15-11(14)9-8-12-10(17-9)2-3-13-4-6-16-7-5-13/h8H,2-7H2,1H3. The van der Waals surface area contributed by atoms with Gasteiger partial charge < -0.3 is 9.47 Å². The van der Waals surface area contributed by atoms with Gasteiger partial charge in [0.25, 0.3) is 0 Å². The fourth-order valence-electron chi connectivity index (χ4n) is 1.70. The molecule has 2 rings (SSSR count). The molecule has 0 bridgehead atoms. The van der Waals surface area contributed by atoms with Crippen LogP contribution in [0.3, 0.4) is 0 Å². The fourth-order valence-corrected chi connectivity index (χ4v) is 2.52. The van der Waals surface area contributed by atoms with E-state index in [2.05, 4.69) is 14.6 Å². The predicted octanol–water partition coefficient (Wildman–Crippen LogP) is 0.804. The van der Waals surface area contributed by atoms with E-state index in [1.165, 1.54) is 18.4 Å². The first-order valence-corrected chi connectivity index (χ1v) is 6.44. The van der Waals surface area contributed by atoms with E-state index >= 15 is 0 Å². The fraction of sp³-hybridized carbons (Fsp3) is 0.636. The van der Waals surface area contributed by atoms with Gasteiger partial charge in [-0.1, -0.05) is 0 Å². The van der Waals surface area contributed by atoms with Gasteiger partial charge in [0.2, 0.25) is 0 Å². The lowest BCUT2D eigenvalue weighted by molar-refractivity contribution is 0.0384. The van der Waals surface area contributed by atoms with Crippen molar-refractivity contribution in [1.29, 1.82) is 0 Å². The molecule has 1 aromatic rings. The van der Waals surface area contributed by atoms with Crippen LogP contribution in [-0.2, 0) is 15.9 Å². The van der Waals surface area contributed by atoms with Crippen LogP contribution in [0.1, 0.15) is 14.7 Å². The Morgan fingerprint density at radius 2 is 2.35 bits per heavy atom. The van der Waals surface area contributed by atoms with E-state index in [1.54, 1.807) is 6.20 Å². The van der Waals surface area contributed by atoms with Crippen LogP contribution in [0.5, 0.6) is 0 Å². The predicted molar refractivity (Wildman–Crippen MR) is 64.4 cm³/mol. The Bertz CT molecular complexity index is 375. The van der Waals surface area contributed by atoms with Gasteiger partial charge in [-0.15, -0.1) is 11.3 Å². The van der Waals surface area contributed by atoms with E-state index < -0.39 is 0 Å². The summed E-state index contributed by atoms with van der Waals surface area (Å²) in [6, 6.07) is 0. The van der Waals surface area contributed by atoms with Gasteiger partial charge in [0.05, 0.1) is 31.5 Å². The maximum absolute atomic E-state index is 11.3. The van der Waals surface area contributed by atoms with Gasteiger partial charge in [0.1, 0.15) is 4.88 Å². The molecule has 1 aliphatic heterocycles. The molecule has 0 spiro atoms. The Balaban J connectivity index is 1.82. The summed E-state index contributed by atoms with van der Waals surface area (Å²) in [7, 11) is 1.38. The maximum Gasteiger partial charge on any atom is 0.349 e. The summed E-state index contributed by atoms with van der Waals surface area (Å²) in [6.45, 7) is 4.55. The number of morpholine rings is 1. The molecule has 5 nitrogen and oxygen atoms in total. The molecule has 0 N–H and O–H groups in total. The minimum atomic E-state index is -0.305. The number of methoxy groups -OCH3 is 1. The summed E-state index contributed by atoms with van der Waals surface area (Å²) in [5, 5.41) is 0.983. The second kappa shape index (κ2) is 6.09. The first kappa shape index (κ1) is 12.5. The minimum absolute atomic E-state index is 0.305. The van der Waals surface area contributed by atoms with E-state index in [1.807, 2.05) is 0 Å². The molecule has 1 aliphatic rings. The summed E-state index contributed by atoms with van der Waals surface area (Å²) >= 11 is 1.41. The largest absolute Gasteiger partial charge is 0.465 e. The second-order valence-electron chi connectivity index (χ2n) is 3.81. The molecule has 0 saturated carbocycles. The summed E-state index contributed by atoms with van der Waals surface area (Å²) in [5.74, 6) is -0.305. The SMILES string of the molecule is COC(=O)c1cnc(CCN2CCOCC2)s1. The van der Waals surface area contributed by atoms with Crippen LogP contribution in [0.2, 0.25) is 0 Å². The molecule has 0 amide bonds. The van der Waals surface area contributed by atoms with Crippen LogP contribution in [0.25, 0.3) is 0 Å². The van der Waals surface area contributed by atoms with Gasteiger partial charge in [0.15, 0.2) is 0 Å². The average molecular weight is 256 g/mol. The number of esters is 1. The second-order valence-corrected chi connectivity index (χ2v) is 4.93. The Morgan fingerprint density at radius 1 is 1.59 bits per heavy atom. The highest BCUT2D eigenvalue weighted by Crippen LogP contribution is 2.15. The van der Waals surface area contributed by atoms with Crippen molar-refractivity contribution in [1.82, 2.24) is 9.88 Å². The Morgan fingerprint density at radius 3 is 3.06 bits per heavy atom. The first-order valence-electron chi connectivity index (χ1n) is 5.62. The summed E-state index contributed by atoms with van der Waals surface area (Å²) in [6.07, 6.45) is 2.47. The van der Waals surface area contributed by atoms with Crippen molar-refractivity contribution in [2.75, 3.05) is 40.0 Å². The molecule has 0 aromatic carbocycles. The first-order chi connectivity index (χ1) is 8.29. The third kappa shape index (κ3) is 3.49. The highest BCUT2D eigenvalue weighted by Gasteiger charge is 2.13. The Labute approximate surface area is 104 Å². The molecule has 94 valence electrons. The normalized spacial score (nSPS) is 17.0. The Kier molecular flexibility index (Phi) is 4.47. The molecule has 2 heterocycles. The number of hydrogen-bond acceptors (Lipinski definition) is 6. The van der Waals surface area contributed by atoms with E-state index in [9.17, 15) is 4.79 Å². The monoisotopic (exact) mass is 256 g/mol. The van der Waals surface area contributed by atoms with Crippen molar-refractivity contribution in [2.45, 2.75) is 6.42 Å². The molecule has 0 atom stereocenters. The van der Waals surface area contributed by atoms with E-state index in [-0.39, 0.29) is 5.97 Å². The smallest absolute Gasteiger partial charge is 0.349 e. The van der Waals surface area contributed by atoms with Crippen molar-refractivity contribution >= 4 is 17.3 Å².